The smallest absolute Gasteiger partial charge is 0.230 e. The molecule has 0 saturated carbocycles. The van der Waals surface area contributed by atoms with Gasteiger partial charge in [0.15, 0.2) is 11.5 Å². The van der Waals surface area contributed by atoms with Gasteiger partial charge in [0.05, 0.1) is 32.2 Å². The highest BCUT2D eigenvalue weighted by Crippen LogP contribution is 2.45. The lowest BCUT2D eigenvalue weighted by Gasteiger charge is -2.40. The minimum Gasteiger partial charge on any atom is -0.493 e. The van der Waals surface area contributed by atoms with Crippen molar-refractivity contribution in [2.24, 2.45) is 0 Å². The molecule has 0 amide bonds. The van der Waals surface area contributed by atoms with Crippen molar-refractivity contribution < 1.29 is 23.7 Å². The van der Waals surface area contributed by atoms with Gasteiger partial charge in [0, 0.05) is 31.9 Å². The Kier molecular flexibility index (Phi) is 6.59. The zero-order chi connectivity index (χ0) is 25.4. The third-order valence-corrected chi connectivity index (χ3v) is 7.50. The second-order valence-corrected chi connectivity index (χ2v) is 9.51. The van der Waals surface area contributed by atoms with Crippen molar-refractivity contribution in [2.45, 2.75) is 13.0 Å². The highest BCUT2D eigenvalue weighted by molar-refractivity contribution is 7.17. The molecule has 1 atom stereocenters. The van der Waals surface area contributed by atoms with Gasteiger partial charge in [-0.05, 0) is 48.9 Å². The van der Waals surface area contributed by atoms with Crippen LogP contribution in [0.4, 0.5) is 10.1 Å². The van der Waals surface area contributed by atoms with Crippen LogP contribution in [-0.4, -0.2) is 72.1 Å². The summed E-state index contributed by atoms with van der Waals surface area (Å²) in [6.45, 7) is 4.71. The van der Waals surface area contributed by atoms with Crippen molar-refractivity contribution >= 4 is 22.0 Å². The van der Waals surface area contributed by atoms with Gasteiger partial charge in [-0.1, -0.05) is 11.3 Å². The summed E-state index contributed by atoms with van der Waals surface area (Å²) in [5.41, 5.74) is 1.87. The molecule has 2 aromatic heterocycles. The normalized spacial score (nSPS) is 15.3. The molecule has 1 fully saturated rings. The number of hydrogen-bond donors (Lipinski definition) is 1. The standard InChI is InChI=1S/C25H28FN5O4S/c1-15-27-25-31(28-15)24(32)23(36-25)21(16-13-19(33-2)22(35-4)20(14-16)34-3)30-11-9-29(10-12-30)18-7-5-17(26)6-8-18/h5-8,13-14,21,32H,9-12H2,1-4H3. The first-order chi connectivity index (χ1) is 17.4. The molecule has 5 rings (SSSR count). The van der Waals surface area contributed by atoms with Crippen LogP contribution in [0.25, 0.3) is 4.96 Å². The number of nitrogens with zero attached hydrogens (tertiary/aromatic N) is 5. The van der Waals surface area contributed by atoms with Crippen molar-refractivity contribution in [3.63, 3.8) is 0 Å². The van der Waals surface area contributed by atoms with Crippen LogP contribution in [0, 0.1) is 12.7 Å². The SMILES string of the molecule is COc1cc(C(c2sc3nc(C)nn3c2O)N2CCN(c3ccc(F)cc3)CC2)cc(OC)c1OC. The highest BCUT2D eigenvalue weighted by atomic mass is 32.1. The van der Waals surface area contributed by atoms with Crippen LogP contribution in [0.15, 0.2) is 36.4 Å². The molecule has 0 bridgehead atoms. The van der Waals surface area contributed by atoms with E-state index in [-0.39, 0.29) is 17.7 Å². The molecule has 1 aliphatic rings. The summed E-state index contributed by atoms with van der Waals surface area (Å²) in [7, 11) is 4.74. The molecular weight excluding hydrogens is 485 g/mol. The van der Waals surface area contributed by atoms with Crippen molar-refractivity contribution in [1.29, 1.82) is 0 Å². The van der Waals surface area contributed by atoms with Crippen molar-refractivity contribution in [3.05, 3.63) is 58.5 Å². The number of halogens is 1. The number of rotatable bonds is 7. The predicted molar refractivity (Wildman–Crippen MR) is 135 cm³/mol. The van der Waals surface area contributed by atoms with E-state index in [9.17, 15) is 9.50 Å². The van der Waals surface area contributed by atoms with Crippen molar-refractivity contribution in [3.8, 4) is 23.1 Å². The number of thiazole rings is 1. The Morgan fingerprint density at radius 2 is 1.61 bits per heavy atom. The number of fused-ring (bicyclic) bond motifs is 1. The summed E-state index contributed by atoms with van der Waals surface area (Å²) < 4.78 is 31.6. The Morgan fingerprint density at radius 1 is 0.972 bits per heavy atom. The van der Waals surface area contributed by atoms with Gasteiger partial charge in [-0.15, -0.1) is 5.10 Å². The largest absolute Gasteiger partial charge is 0.493 e. The minimum absolute atomic E-state index is 0.0651. The Hall–Kier alpha value is -3.57. The van der Waals surface area contributed by atoms with E-state index in [1.807, 2.05) is 12.1 Å². The van der Waals surface area contributed by atoms with Crippen molar-refractivity contribution in [1.82, 2.24) is 19.5 Å². The van der Waals surface area contributed by atoms with Crippen LogP contribution in [0.1, 0.15) is 22.3 Å². The summed E-state index contributed by atoms with van der Waals surface area (Å²) in [4.78, 5) is 10.3. The fraction of sp³-hybridized carbons (Fsp3) is 0.360. The van der Waals surface area contributed by atoms with E-state index in [1.165, 1.54) is 28.0 Å². The van der Waals surface area contributed by atoms with Gasteiger partial charge in [0.2, 0.25) is 16.6 Å². The van der Waals surface area contributed by atoms with Gasteiger partial charge in [-0.25, -0.2) is 9.37 Å². The van der Waals surface area contributed by atoms with Gasteiger partial charge in [-0.2, -0.15) is 4.52 Å². The third kappa shape index (κ3) is 4.28. The molecule has 1 aliphatic heterocycles. The number of aromatic hydroxyl groups is 1. The fourth-order valence-electron chi connectivity index (χ4n) is 4.70. The van der Waals surface area contributed by atoms with E-state index >= 15 is 0 Å². The third-order valence-electron chi connectivity index (χ3n) is 6.43. The maximum atomic E-state index is 13.4. The molecule has 9 nitrogen and oxygen atoms in total. The summed E-state index contributed by atoms with van der Waals surface area (Å²) >= 11 is 1.41. The van der Waals surface area contributed by atoms with Gasteiger partial charge >= 0.3 is 0 Å². The lowest BCUT2D eigenvalue weighted by molar-refractivity contribution is 0.210. The van der Waals surface area contributed by atoms with Gasteiger partial charge < -0.3 is 24.2 Å². The molecular formula is C25H28FN5O4S. The maximum Gasteiger partial charge on any atom is 0.230 e. The zero-order valence-corrected chi connectivity index (χ0v) is 21.4. The average molecular weight is 514 g/mol. The number of benzene rings is 2. The lowest BCUT2D eigenvalue weighted by Crippen LogP contribution is -2.47. The second kappa shape index (κ2) is 9.82. The fourth-order valence-corrected chi connectivity index (χ4v) is 5.87. The van der Waals surface area contributed by atoms with Crippen molar-refractivity contribution in [2.75, 3.05) is 52.4 Å². The maximum absolute atomic E-state index is 13.4. The summed E-state index contributed by atoms with van der Waals surface area (Å²) in [5.74, 6) is 2.00. The number of piperazine rings is 1. The summed E-state index contributed by atoms with van der Waals surface area (Å²) in [6.07, 6.45) is 0. The van der Waals surface area contributed by atoms with E-state index in [0.717, 1.165) is 29.2 Å². The second-order valence-electron chi connectivity index (χ2n) is 8.50. The van der Waals surface area contributed by atoms with Crippen LogP contribution in [0.2, 0.25) is 0 Å². The highest BCUT2D eigenvalue weighted by Gasteiger charge is 2.33. The molecule has 2 aromatic carbocycles. The summed E-state index contributed by atoms with van der Waals surface area (Å²) in [5, 5.41) is 15.5. The molecule has 3 heterocycles. The first-order valence-corrected chi connectivity index (χ1v) is 12.3. The molecule has 0 radical (unpaired) electrons. The Labute approximate surface area is 212 Å². The Balaban J connectivity index is 1.55. The number of anilines is 1. The molecule has 190 valence electrons. The summed E-state index contributed by atoms with van der Waals surface area (Å²) in [6, 6.07) is 10.1. The van der Waals surface area contributed by atoms with Gasteiger partial charge in [0.1, 0.15) is 11.6 Å². The molecule has 1 saturated heterocycles. The number of aryl methyl sites for hydroxylation is 1. The molecule has 11 heteroatoms. The quantitative estimate of drug-likeness (QED) is 0.399. The monoisotopic (exact) mass is 513 g/mol. The molecule has 1 N–H and O–H groups in total. The van der Waals surface area contributed by atoms with E-state index in [4.69, 9.17) is 14.2 Å². The van der Waals surface area contributed by atoms with Crippen LogP contribution in [-0.2, 0) is 0 Å². The number of methoxy groups -OCH3 is 3. The van der Waals surface area contributed by atoms with E-state index in [1.54, 1.807) is 40.4 Å². The molecule has 0 spiro atoms. The average Bonchev–Trinajstić information content (AvgIpc) is 3.41. The number of ether oxygens (including phenoxy) is 3. The van der Waals surface area contributed by atoms with E-state index in [2.05, 4.69) is 19.9 Å². The number of aromatic nitrogens is 3. The van der Waals surface area contributed by atoms with Gasteiger partial charge in [0.25, 0.3) is 0 Å². The van der Waals surface area contributed by atoms with Crippen LogP contribution in [0.5, 0.6) is 23.1 Å². The van der Waals surface area contributed by atoms with E-state index < -0.39 is 0 Å². The minimum atomic E-state index is -0.303. The molecule has 1 unspecified atom stereocenters. The first kappa shape index (κ1) is 24.1. The lowest BCUT2D eigenvalue weighted by atomic mass is 10.0. The first-order valence-electron chi connectivity index (χ1n) is 11.5. The van der Waals surface area contributed by atoms with Crippen LogP contribution < -0.4 is 19.1 Å². The zero-order valence-electron chi connectivity index (χ0n) is 20.6. The molecule has 0 aliphatic carbocycles. The number of hydrogen-bond acceptors (Lipinski definition) is 9. The molecule has 36 heavy (non-hydrogen) atoms. The van der Waals surface area contributed by atoms with E-state index in [0.29, 0.717) is 41.1 Å². The van der Waals surface area contributed by atoms with Crippen LogP contribution >= 0.6 is 11.3 Å². The predicted octanol–water partition coefficient (Wildman–Crippen LogP) is 3.88. The topological polar surface area (TPSA) is 84.6 Å². The Bertz CT molecular complexity index is 1340. The van der Waals surface area contributed by atoms with Gasteiger partial charge in [-0.3, -0.25) is 4.90 Å². The molecule has 4 aromatic rings. The Morgan fingerprint density at radius 3 is 2.17 bits per heavy atom. The van der Waals surface area contributed by atoms with Crippen LogP contribution in [0.3, 0.4) is 0 Å².